The summed E-state index contributed by atoms with van der Waals surface area (Å²) in [5.74, 6) is 0. The second kappa shape index (κ2) is 10.9. The molecule has 1 saturated carbocycles. The van der Waals surface area contributed by atoms with Crippen molar-refractivity contribution in [2.45, 2.75) is 43.2 Å². The van der Waals surface area contributed by atoms with Crippen LogP contribution in [0.4, 0.5) is 0 Å². The molecule has 12 heteroatoms. The van der Waals surface area contributed by atoms with Gasteiger partial charge in [-0.05, 0) is 69.3 Å². The van der Waals surface area contributed by atoms with Crippen molar-refractivity contribution in [3.63, 3.8) is 0 Å². The number of thiophene rings is 1. The van der Waals surface area contributed by atoms with Crippen LogP contribution in [0.3, 0.4) is 0 Å². The van der Waals surface area contributed by atoms with Crippen molar-refractivity contribution in [2.75, 3.05) is 33.2 Å². The number of nitrogens with zero attached hydrogens (tertiary/aromatic N) is 1. The van der Waals surface area contributed by atoms with E-state index in [2.05, 4.69) is 65.8 Å². The van der Waals surface area contributed by atoms with Gasteiger partial charge in [0.25, 0.3) is 20.2 Å². The number of H-pyrrole nitrogens is 1. The number of nitrogens with one attached hydrogen (secondary N) is 1. The molecule has 0 saturated heterocycles. The Morgan fingerprint density at radius 3 is 2.06 bits per heavy atom. The molecular weight excluding hydrogens is 524 g/mol. The Hall–Kier alpha value is -1.80. The van der Waals surface area contributed by atoms with Gasteiger partial charge in [0.05, 0.1) is 30.4 Å². The topological polar surface area (TPSA) is 137 Å². The minimum atomic E-state index is -3.67. The van der Waals surface area contributed by atoms with Gasteiger partial charge in [0, 0.05) is 15.8 Å². The molecule has 0 amide bonds. The van der Waals surface area contributed by atoms with Gasteiger partial charge in [0.1, 0.15) is 5.60 Å². The molecule has 1 fully saturated rings. The standard InChI is InChI=1S/C22H26N2OS.2CH4O3S/c1-24(2)21(19-8-5-15-26-19)10-12-22(13-11-21)20-17(9-14-25-22)16-6-3-4-7-18(16)23-20;2*1-5(2,3)4/h3-8,15,23H,9-14H2,1-2H3;2*1H3,(H,2,3,4). The molecule has 0 bridgehead atoms. The molecule has 5 rings (SSSR count). The average Bonchev–Trinajstić information content (AvgIpc) is 3.41. The van der Waals surface area contributed by atoms with Crippen molar-refractivity contribution in [2.24, 2.45) is 0 Å². The first-order chi connectivity index (χ1) is 16.6. The summed E-state index contributed by atoms with van der Waals surface area (Å²) in [7, 11) is -2.87. The number of hydrogen-bond donors (Lipinski definition) is 3. The van der Waals surface area contributed by atoms with Crippen LogP contribution in [0.2, 0.25) is 0 Å². The second-order valence-electron chi connectivity index (χ2n) is 9.49. The summed E-state index contributed by atoms with van der Waals surface area (Å²) in [5.41, 5.74) is 4.10. The number of fused-ring (bicyclic) bond motifs is 4. The van der Waals surface area contributed by atoms with E-state index in [1.165, 1.54) is 27.0 Å². The lowest BCUT2D eigenvalue weighted by Gasteiger charge is -2.50. The summed E-state index contributed by atoms with van der Waals surface area (Å²) >= 11 is 1.89. The maximum absolute atomic E-state index is 9.19. The van der Waals surface area contributed by atoms with E-state index < -0.39 is 20.2 Å². The molecule has 9 nitrogen and oxygen atoms in total. The molecule has 3 heterocycles. The summed E-state index contributed by atoms with van der Waals surface area (Å²) in [6, 6.07) is 13.2. The Morgan fingerprint density at radius 2 is 1.53 bits per heavy atom. The third-order valence-corrected chi connectivity index (χ3v) is 7.78. The maximum Gasteiger partial charge on any atom is 0.261 e. The quantitative estimate of drug-likeness (QED) is 0.401. The molecule has 3 aromatic rings. The Labute approximate surface area is 217 Å². The molecule has 2 aromatic heterocycles. The minimum absolute atomic E-state index is 0.136. The van der Waals surface area contributed by atoms with Gasteiger partial charge in [-0.15, -0.1) is 11.3 Å². The predicted octanol–water partition coefficient (Wildman–Crippen LogP) is 4.04. The largest absolute Gasteiger partial charge is 0.368 e. The van der Waals surface area contributed by atoms with Crippen LogP contribution in [0, 0.1) is 0 Å². The Bertz CT molecular complexity index is 1320. The SMILES string of the molecule is CN(C)C1(c2cccs2)CCC2(CC1)OCCc1c2[nH]c2ccccc12.CS(=O)(=O)O.CS(=O)(=O)O. The minimum Gasteiger partial charge on any atom is -0.368 e. The molecular formula is C24H34N2O7S3. The monoisotopic (exact) mass is 558 g/mol. The molecule has 1 spiro atoms. The lowest BCUT2D eigenvalue weighted by atomic mass is 9.70. The summed E-state index contributed by atoms with van der Waals surface area (Å²) in [4.78, 5) is 7.65. The van der Waals surface area contributed by atoms with E-state index in [1.54, 1.807) is 0 Å². The van der Waals surface area contributed by atoms with Gasteiger partial charge in [-0.3, -0.25) is 14.0 Å². The molecule has 0 atom stereocenters. The van der Waals surface area contributed by atoms with Crippen LogP contribution < -0.4 is 0 Å². The Balaban J connectivity index is 0.000000310. The first-order valence-electron chi connectivity index (χ1n) is 11.4. The third kappa shape index (κ3) is 6.94. The molecule has 36 heavy (non-hydrogen) atoms. The normalized spacial score (nSPS) is 24.0. The smallest absolute Gasteiger partial charge is 0.261 e. The van der Waals surface area contributed by atoms with Crippen molar-refractivity contribution in [3.05, 3.63) is 57.9 Å². The van der Waals surface area contributed by atoms with Crippen LogP contribution in [0.15, 0.2) is 41.8 Å². The summed E-state index contributed by atoms with van der Waals surface area (Å²) in [6.45, 7) is 0.836. The van der Waals surface area contributed by atoms with Crippen molar-refractivity contribution in [1.82, 2.24) is 9.88 Å². The van der Waals surface area contributed by atoms with E-state index in [0.717, 1.165) is 38.7 Å². The van der Waals surface area contributed by atoms with Crippen LogP contribution in [0.25, 0.3) is 10.9 Å². The molecule has 2 aliphatic rings. The number of aromatic amines is 1. The fourth-order valence-electron chi connectivity index (χ4n) is 5.19. The highest BCUT2D eigenvalue weighted by Crippen LogP contribution is 2.53. The van der Waals surface area contributed by atoms with Crippen LogP contribution in [0.1, 0.15) is 41.8 Å². The maximum atomic E-state index is 9.19. The zero-order valence-electron chi connectivity index (χ0n) is 20.9. The molecule has 1 aliphatic heterocycles. The molecule has 1 aliphatic carbocycles. The van der Waals surface area contributed by atoms with Gasteiger partial charge in [-0.25, -0.2) is 0 Å². The van der Waals surface area contributed by atoms with E-state index in [1.807, 2.05) is 11.3 Å². The Morgan fingerprint density at radius 1 is 0.944 bits per heavy atom. The fraction of sp³-hybridized carbons (Fsp3) is 0.500. The summed E-state index contributed by atoms with van der Waals surface area (Å²) in [6.07, 6.45) is 6.86. The van der Waals surface area contributed by atoms with Gasteiger partial charge in [0.15, 0.2) is 0 Å². The highest BCUT2D eigenvalue weighted by atomic mass is 32.2. The highest BCUT2D eigenvalue weighted by Gasteiger charge is 2.49. The zero-order valence-corrected chi connectivity index (χ0v) is 23.3. The van der Waals surface area contributed by atoms with Gasteiger partial charge >= 0.3 is 0 Å². The second-order valence-corrected chi connectivity index (χ2v) is 13.4. The first-order valence-corrected chi connectivity index (χ1v) is 16.0. The molecule has 200 valence electrons. The van der Waals surface area contributed by atoms with E-state index in [-0.39, 0.29) is 11.1 Å². The first kappa shape index (κ1) is 28.8. The van der Waals surface area contributed by atoms with E-state index in [0.29, 0.717) is 12.5 Å². The van der Waals surface area contributed by atoms with Gasteiger partial charge in [-0.2, -0.15) is 16.8 Å². The fourth-order valence-corrected chi connectivity index (χ4v) is 6.26. The van der Waals surface area contributed by atoms with E-state index >= 15 is 0 Å². The Kier molecular flexibility index (Phi) is 8.71. The number of benzene rings is 1. The zero-order chi connectivity index (χ0) is 26.8. The van der Waals surface area contributed by atoms with Crippen LogP contribution >= 0.6 is 11.3 Å². The summed E-state index contributed by atoms with van der Waals surface area (Å²) in [5, 5.41) is 3.59. The number of ether oxygens (including phenoxy) is 1. The third-order valence-electron chi connectivity index (χ3n) is 6.72. The van der Waals surface area contributed by atoms with Crippen LogP contribution in [-0.4, -0.2) is 69.0 Å². The highest BCUT2D eigenvalue weighted by molar-refractivity contribution is 7.85. The van der Waals surface area contributed by atoms with Crippen LogP contribution in [-0.2, 0) is 42.5 Å². The van der Waals surface area contributed by atoms with Gasteiger partial charge < -0.3 is 9.72 Å². The van der Waals surface area contributed by atoms with Crippen molar-refractivity contribution in [1.29, 1.82) is 0 Å². The molecule has 1 aromatic carbocycles. The lowest BCUT2D eigenvalue weighted by molar-refractivity contribution is -0.112. The van der Waals surface area contributed by atoms with Crippen molar-refractivity contribution < 1.29 is 30.7 Å². The molecule has 3 N–H and O–H groups in total. The lowest BCUT2D eigenvalue weighted by Crippen LogP contribution is -2.49. The molecule has 0 unspecified atom stereocenters. The number of aromatic nitrogens is 1. The van der Waals surface area contributed by atoms with Crippen molar-refractivity contribution in [3.8, 4) is 0 Å². The van der Waals surface area contributed by atoms with E-state index in [4.69, 9.17) is 13.8 Å². The van der Waals surface area contributed by atoms with Crippen molar-refractivity contribution >= 4 is 42.5 Å². The van der Waals surface area contributed by atoms with Gasteiger partial charge in [0.2, 0.25) is 0 Å². The summed E-state index contributed by atoms with van der Waals surface area (Å²) < 4.78 is 58.2. The van der Waals surface area contributed by atoms with E-state index in [9.17, 15) is 16.8 Å². The number of para-hydroxylation sites is 1. The number of rotatable bonds is 2. The van der Waals surface area contributed by atoms with Crippen LogP contribution in [0.5, 0.6) is 0 Å². The number of hydrogen-bond acceptors (Lipinski definition) is 7. The molecule has 0 radical (unpaired) electrons. The predicted molar refractivity (Wildman–Crippen MR) is 143 cm³/mol. The van der Waals surface area contributed by atoms with Gasteiger partial charge in [-0.1, -0.05) is 24.3 Å². The average molecular weight is 559 g/mol.